The van der Waals surface area contributed by atoms with E-state index in [-0.39, 0.29) is 0 Å². The summed E-state index contributed by atoms with van der Waals surface area (Å²) >= 11 is 0. The van der Waals surface area contributed by atoms with Crippen LogP contribution in [-0.2, 0) is 4.74 Å². The molecule has 2 fully saturated rings. The van der Waals surface area contributed by atoms with Crippen LogP contribution in [0.1, 0.15) is 31.4 Å². The molecule has 3 unspecified atom stereocenters. The van der Waals surface area contributed by atoms with E-state index >= 15 is 0 Å². The first-order valence-electron chi connectivity index (χ1n) is 6.27. The summed E-state index contributed by atoms with van der Waals surface area (Å²) in [6.07, 6.45) is 4.40. The Hall–Kier alpha value is -1.13. The van der Waals surface area contributed by atoms with Gasteiger partial charge < -0.3 is 14.7 Å². The molecule has 17 heavy (non-hydrogen) atoms. The summed E-state index contributed by atoms with van der Waals surface area (Å²) in [6.45, 7) is 3.63. The third-order valence-corrected chi connectivity index (χ3v) is 3.62. The second-order valence-corrected chi connectivity index (χ2v) is 4.99. The van der Waals surface area contributed by atoms with Gasteiger partial charge in [-0.3, -0.25) is 0 Å². The van der Waals surface area contributed by atoms with Crippen LogP contribution in [0.2, 0.25) is 0 Å². The molecular formula is C13H18N2O2. The normalized spacial score (nSPS) is 29.4. The van der Waals surface area contributed by atoms with Gasteiger partial charge in [0, 0.05) is 19.3 Å². The smallest absolute Gasteiger partial charge is 0.129 e. The molecule has 2 saturated heterocycles. The number of hydrogen-bond donors (Lipinski definition) is 1. The Morgan fingerprint density at radius 1 is 1.41 bits per heavy atom. The molecule has 0 saturated carbocycles. The van der Waals surface area contributed by atoms with Gasteiger partial charge in [-0.2, -0.15) is 0 Å². The van der Waals surface area contributed by atoms with E-state index in [0.29, 0.717) is 12.2 Å². The number of rotatable bonds is 2. The van der Waals surface area contributed by atoms with Crippen molar-refractivity contribution in [2.24, 2.45) is 0 Å². The highest BCUT2D eigenvalue weighted by molar-refractivity contribution is 5.42. The monoisotopic (exact) mass is 234 g/mol. The van der Waals surface area contributed by atoms with E-state index in [4.69, 9.17) is 4.74 Å². The van der Waals surface area contributed by atoms with E-state index in [1.807, 2.05) is 12.1 Å². The molecule has 4 heteroatoms. The van der Waals surface area contributed by atoms with Crippen LogP contribution in [0.5, 0.6) is 0 Å². The van der Waals surface area contributed by atoms with Gasteiger partial charge in [0.1, 0.15) is 5.82 Å². The summed E-state index contributed by atoms with van der Waals surface area (Å²) in [4.78, 5) is 6.68. The van der Waals surface area contributed by atoms with Crippen LogP contribution in [0.15, 0.2) is 18.3 Å². The Bertz CT molecular complexity index is 396. The van der Waals surface area contributed by atoms with Crippen molar-refractivity contribution in [1.29, 1.82) is 0 Å². The standard InChI is InChI=1S/C13H18N2O2/c1-9(16)10-4-5-14-13(6-10)15-7-11-2-3-12(8-15)17-11/h4-6,9,11-12,16H,2-3,7-8H2,1H3. The molecule has 1 aromatic heterocycles. The second-order valence-electron chi connectivity index (χ2n) is 4.99. The van der Waals surface area contributed by atoms with Crippen LogP contribution in [-0.4, -0.2) is 35.4 Å². The predicted molar refractivity (Wildman–Crippen MR) is 65.0 cm³/mol. The second kappa shape index (κ2) is 4.27. The van der Waals surface area contributed by atoms with Crippen molar-refractivity contribution in [3.63, 3.8) is 0 Å². The average Bonchev–Trinajstić information content (AvgIpc) is 2.68. The van der Waals surface area contributed by atoms with Gasteiger partial charge in [-0.25, -0.2) is 4.98 Å². The molecule has 0 amide bonds. The summed E-state index contributed by atoms with van der Waals surface area (Å²) in [5, 5.41) is 9.59. The maximum absolute atomic E-state index is 9.59. The number of fused-ring (bicyclic) bond motifs is 2. The quantitative estimate of drug-likeness (QED) is 0.842. The third-order valence-electron chi connectivity index (χ3n) is 3.62. The Balaban J connectivity index is 1.81. The minimum Gasteiger partial charge on any atom is -0.389 e. The van der Waals surface area contributed by atoms with E-state index in [9.17, 15) is 5.11 Å². The van der Waals surface area contributed by atoms with Gasteiger partial charge in [0.05, 0.1) is 18.3 Å². The fraction of sp³-hybridized carbons (Fsp3) is 0.615. The molecule has 0 aliphatic carbocycles. The fourth-order valence-corrected chi connectivity index (χ4v) is 2.67. The molecular weight excluding hydrogens is 216 g/mol. The highest BCUT2D eigenvalue weighted by atomic mass is 16.5. The zero-order chi connectivity index (χ0) is 11.8. The third kappa shape index (κ3) is 2.15. The molecule has 4 nitrogen and oxygen atoms in total. The van der Waals surface area contributed by atoms with Crippen LogP contribution < -0.4 is 4.90 Å². The molecule has 92 valence electrons. The number of nitrogens with zero attached hydrogens (tertiary/aromatic N) is 2. The topological polar surface area (TPSA) is 45.6 Å². The lowest BCUT2D eigenvalue weighted by atomic mass is 10.1. The number of aliphatic hydroxyl groups is 1. The van der Waals surface area contributed by atoms with Crippen molar-refractivity contribution in [1.82, 2.24) is 4.98 Å². The van der Waals surface area contributed by atoms with Crippen molar-refractivity contribution in [2.75, 3.05) is 18.0 Å². The molecule has 3 rings (SSSR count). The van der Waals surface area contributed by atoms with Crippen molar-refractivity contribution >= 4 is 5.82 Å². The van der Waals surface area contributed by atoms with Gasteiger partial charge in [-0.05, 0) is 37.5 Å². The minimum absolute atomic E-state index is 0.366. The van der Waals surface area contributed by atoms with Crippen LogP contribution in [0.25, 0.3) is 0 Å². The van der Waals surface area contributed by atoms with E-state index in [0.717, 1.165) is 37.3 Å². The molecule has 0 spiro atoms. The Morgan fingerprint density at radius 2 is 2.12 bits per heavy atom. The lowest BCUT2D eigenvalue weighted by molar-refractivity contribution is 0.0302. The molecule has 2 aliphatic heterocycles. The molecule has 0 aromatic carbocycles. The maximum atomic E-state index is 9.59. The number of ether oxygens (including phenoxy) is 1. The number of aromatic nitrogens is 1. The van der Waals surface area contributed by atoms with E-state index < -0.39 is 6.10 Å². The zero-order valence-electron chi connectivity index (χ0n) is 10.0. The Labute approximate surface area is 101 Å². The number of pyridine rings is 1. The molecule has 3 heterocycles. The fourth-order valence-electron chi connectivity index (χ4n) is 2.67. The Morgan fingerprint density at radius 3 is 2.76 bits per heavy atom. The highest BCUT2D eigenvalue weighted by Gasteiger charge is 2.34. The summed E-state index contributed by atoms with van der Waals surface area (Å²) in [5.41, 5.74) is 0.925. The minimum atomic E-state index is -0.436. The molecule has 1 aromatic rings. The number of hydrogen-bond acceptors (Lipinski definition) is 4. The Kier molecular flexibility index (Phi) is 2.76. The van der Waals surface area contributed by atoms with Gasteiger partial charge in [-0.15, -0.1) is 0 Å². The zero-order valence-corrected chi connectivity index (χ0v) is 10.0. The summed E-state index contributed by atoms with van der Waals surface area (Å²) in [7, 11) is 0. The van der Waals surface area contributed by atoms with Crippen molar-refractivity contribution in [2.45, 2.75) is 38.1 Å². The van der Waals surface area contributed by atoms with Gasteiger partial charge in [0.2, 0.25) is 0 Å². The highest BCUT2D eigenvalue weighted by Crippen LogP contribution is 2.29. The number of anilines is 1. The van der Waals surface area contributed by atoms with Crippen molar-refractivity contribution < 1.29 is 9.84 Å². The van der Waals surface area contributed by atoms with Gasteiger partial charge in [-0.1, -0.05) is 0 Å². The van der Waals surface area contributed by atoms with Crippen LogP contribution in [0.3, 0.4) is 0 Å². The first kappa shape index (κ1) is 11.0. The van der Waals surface area contributed by atoms with Crippen LogP contribution in [0, 0.1) is 0 Å². The molecule has 0 radical (unpaired) electrons. The van der Waals surface area contributed by atoms with Gasteiger partial charge >= 0.3 is 0 Å². The van der Waals surface area contributed by atoms with Crippen LogP contribution >= 0.6 is 0 Å². The lowest BCUT2D eigenvalue weighted by Crippen LogP contribution is -2.43. The van der Waals surface area contributed by atoms with Gasteiger partial charge in [0.25, 0.3) is 0 Å². The first-order valence-corrected chi connectivity index (χ1v) is 6.27. The lowest BCUT2D eigenvalue weighted by Gasteiger charge is -2.33. The number of morpholine rings is 1. The van der Waals surface area contributed by atoms with Gasteiger partial charge in [0.15, 0.2) is 0 Å². The van der Waals surface area contributed by atoms with Crippen molar-refractivity contribution in [3.8, 4) is 0 Å². The van der Waals surface area contributed by atoms with E-state index in [2.05, 4.69) is 9.88 Å². The predicted octanol–water partition coefficient (Wildman–Crippen LogP) is 1.50. The van der Waals surface area contributed by atoms with E-state index in [1.54, 1.807) is 13.1 Å². The summed E-state index contributed by atoms with van der Waals surface area (Å²) in [5.74, 6) is 0.962. The van der Waals surface area contributed by atoms with Crippen LogP contribution in [0.4, 0.5) is 5.82 Å². The maximum Gasteiger partial charge on any atom is 0.129 e. The first-order chi connectivity index (χ1) is 8.22. The summed E-state index contributed by atoms with van der Waals surface area (Å²) in [6, 6.07) is 3.85. The summed E-state index contributed by atoms with van der Waals surface area (Å²) < 4.78 is 5.81. The largest absolute Gasteiger partial charge is 0.389 e. The van der Waals surface area contributed by atoms with Crippen molar-refractivity contribution in [3.05, 3.63) is 23.9 Å². The molecule has 2 aliphatic rings. The molecule has 2 bridgehead atoms. The number of aliphatic hydroxyl groups excluding tert-OH is 1. The van der Waals surface area contributed by atoms with E-state index in [1.165, 1.54) is 0 Å². The molecule has 1 N–H and O–H groups in total. The molecule has 3 atom stereocenters. The SMILES string of the molecule is CC(O)c1ccnc(N2CC3CCC(C2)O3)c1. The average molecular weight is 234 g/mol.